The fourth-order valence-corrected chi connectivity index (χ4v) is 8.48. The molecule has 3 heterocycles. The maximum atomic E-state index is 14.9. The summed E-state index contributed by atoms with van der Waals surface area (Å²) in [5, 5.41) is 2.33. The van der Waals surface area contributed by atoms with Gasteiger partial charge in [0.15, 0.2) is 11.0 Å². The van der Waals surface area contributed by atoms with Gasteiger partial charge in [0.1, 0.15) is 11.5 Å². The van der Waals surface area contributed by atoms with E-state index in [1.54, 1.807) is 12.1 Å². The molecule has 6 aromatic rings. The van der Waals surface area contributed by atoms with Crippen LogP contribution >= 0.6 is 0 Å². The molecule has 0 fully saturated rings. The van der Waals surface area contributed by atoms with Crippen LogP contribution in [0, 0.1) is 11.7 Å². The molecular weight excluding hydrogens is 590 g/mol. The average molecular weight is 641 g/mol. The van der Waals surface area contributed by atoms with E-state index in [9.17, 15) is 4.39 Å². The second-order valence-electron chi connectivity index (χ2n) is 14.7. The van der Waals surface area contributed by atoms with E-state index in [0.29, 0.717) is 23.8 Å². The van der Waals surface area contributed by atoms with Gasteiger partial charge in [-0.2, -0.15) is 4.57 Å². The molecule has 1 unspecified atom stereocenters. The minimum absolute atomic E-state index is 0.179. The third-order valence-corrected chi connectivity index (χ3v) is 10.9. The Morgan fingerprint density at radius 3 is 2.15 bits per heavy atom. The van der Waals surface area contributed by atoms with E-state index >= 15 is 0 Å². The Balaban J connectivity index is 1.70. The minimum Gasteiger partial charge on any atom is -0.337 e. The van der Waals surface area contributed by atoms with E-state index in [4.69, 9.17) is 0 Å². The predicted molar refractivity (Wildman–Crippen MR) is 201 cm³/mol. The lowest BCUT2D eigenvalue weighted by atomic mass is 9.91. The quantitative estimate of drug-likeness (QED) is 0.122. The Kier molecular flexibility index (Phi) is 8.56. The largest absolute Gasteiger partial charge is 0.337 e. The van der Waals surface area contributed by atoms with Gasteiger partial charge in [0.05, 0.1) is 17.6 Å². The summed E-state index contributed by atoms with van der Waals surface area (Å²) in [5.41, 5.74) is 12.8. The van der Waals surface area contributed by atoms with Crippen LogP contribution in [0.1, 0.15) is 109 Å². The smallest absolute Gasteiger partial charge is 0.295 e. The monoisotopic (exact) mass is 640 g/mol. The van der Waals surface area contributed by atoms with Gasteiger partial charge in [0.2, 0.25) is 0 Å². The van der Waals surface area contributed by atoms with Crippen LogP contribution in [0.5, 0.6) is 0 Å². The van der Waals surface area contributed by atoms with E-state index < -0.39 is 0 Å². The Hall–Kier alpha value is -4.18. The van der Waals surface area contributed by atoms with Gasteiger partial charge >= 0.3 is 0 Å². The SMILES string of the molecule is CCC1/C=C(/C)Cc2cc3c(cc2-c2n(-c4c(C(C)C)cccc4C(C)C)c4ccccc4[n+]2C1)c1ccc(F)cc1n3C(CC)CC. The number of hydrogen-bond acceptors (Lipinski definition) is 0. The topological polar surface area (TPSA) is 13.7 Å². The van der Waals surface area contributed by atoms with Crippen molar-refractivity contribution < 1.29 is 8.96 Å². The summed E-state index contributed by atoms with van der Waals surface area (Å²) in [6, 6.07) is 26.5. The molecule has 1 aliphatic rings. The summed E-state index contributed by atoms with van der Waals surface area (Å²) >= 11 is 0. The molecule has 0 N–H and O–H groups in total. The summed E-state index contributed by atoms with van der Waals surface area (Å²) in [7, 11) is 0. The van der Waals surface area contributed by atoms with Gasteiger partial charge in [-0.25, -0.2) is 8.96 Å². The van der Waals surface area contributed by atoms with Crippen LogP contribution in [0.25, 0.3) is 49.9 Å². The Morgan fingerprint density at radius 2 is 1.48 bits per heavy atom. The highest BCUT2D eigenvalue weighted by Gasteiger charge is 2.35. The number of imidazole rings is 1. The van der Waals surface area contributed by atoms with Crippen molar-refractivity contribution in [2.45, 2.75) is 105 Å². The fourth-order valence-electron chi connectivity index (χ4n) is 8.48. The number of allylic oxidation sites excluding steroid dienone is 2. The molecule has 7 rings (SSSR count). The summed E-state index contributed by atoms with van der Waals surface area (Å²) < 4.78 is 22.6. The highest BCUT2D eigenvalue weighted by atomic mass is 19.1. The molecule has 4 heteroatoms. The van der Waals surface area contributed by atoms with Gasteiger partial charge in [0.25, 0.3) is 5.82 Å². The Morgan fingerprint density at radius 1 is 0.792 bits per heavy atom. The molecule has 0 spiro atoms. The van der Waals surface area contributed by atoms with E-state index in [-0.39, 0.29) is 5.82 Å². The van der Waals surface area contributed by atoms with Crippen LogP contribution in [0.3, 0.4) is 0 Å². The van der Waals surface area contributed by atoms with Crippen molar-refractivity contribution in [2.24, 2.45) is 5.92 Å². The zero-order chi connectivity index (χ0) is 33.9. The van der Waals surface area contributed by atoms with E-state index in [1.165, 1.54) is 61.3 Å². The molecule has 0 bridgehead atoms. The van der Waals surface area contributed by atoms with Gasteiger partial charge in [-0.3, -0.25) is 0 Å². The first-order chi connectivity index (χ1) is 23.2. The molecule has 248 valence electrons. The van der Waals surface area contributed by atoms with Crippen LogP contribution in [0.15, 0.2) is 84.4 Å². The van der Waals surface area contributed by atoms with Crippen molar-refractivity contribution in [3.05, 3.63) is 107 Å². The van der Waals surface area contributed by atoms with E-state index in [1.807, 2.05) is 6.07 Å². The fraction of sp³-hybridized carbons (Fsp3) is 0.386. The first kappa shape index (κ1) is 32.4. The summed E-state index contributed by atoms with van der Waals surface area (Å²) in [4.78, 5) is 0. The van der Waals surface area contributed by atoms with Crippen LogP contribution in [-0.2, 0) is 13.0 Å². The third kappa shape index (κ3) is 5.19. The second-order valence-corrected chi connectivity index (χ2v) is 14.7. The van der Waals surface area contributed by atoms with Crippen molar-refractivity contribution in [3.8, 4) is 17.1 Å². The van der Waals surface area contributed by atoms with Gasteiger partial charge in [0, 0.05) is 39.4 Å². The van der Waals surface area contributed by atoms with Crippen molar-refractivity contribution >= 4 is 32.8 Å². The molecule has 0 aliphatic carbocycles. The zero-order valence-corrected chi connectivity index (χ0v) is 30.1. The Bertz CT molecular complexity index is 2160. The van der Waals surface area contributed by atoms with Gasteiger partial charge in [-0.1, -0.05) is 90.4 Å². The summed E-state index contributed by atoms with van der Waals surface area (Å²) in [6.07, 6.45) is 6.48. The van der Waals surface area contributed by atoms with E-state index in [0.717, 1.165) is 43.1 Å². The molecule has 48 heavy (non-hydrogen) atoms. The standard InChI is InChI=1S/C44H51FN3/c1-9-30-21-29(8)22-31-23-41-38(36-20-19-32(45)24-42(36)47(41)33(10-2)11-3)25-37(31)44-46(26-30)39-17-12-13-18-40(39)48(44)43-34(27(4)5)15-14-16-35(43)28(6)7/h12-21,23-25,27-28,30,33H,9-11,22,26H2,1-8H3/q+1/b29-21-. The first-order valence-electron chi connectivity index (χ1n) is 18.3. The number of nitrogens with zero attached hydrogens (tertiary/aromatic N) is 3. The number of fused-ring (bicyclic) bond motifs is 8. The molecule has 0 saturated heterocycles. The Labute approximate surface area is 285 Å². The molecule has 0 saturated carbocycles. The number of halogens is 1. The van der Waals surface area contributed by atoms with Gasteiger partial charge in [-0.05, 0) is 92.5 Å². The van der Waals surface area contributed by atoms with Crippen molar-refractivity contribution in [1.82, 2.24) is 9.13 Å². The number of para-hydroxylation sites is 3. The number of rotatable bonds is 7. The van der Waals surface area contributed by atoms with E-state index in [2.05, 4.69) is 130 Å². The van der Waals surface area contributed by atoms with Crippen LogP contribution in [0.4, 0.5) is 4.39 Å². The molecule has 1 aliphatic heterocycles. The normalized spacial score (nSPS) is 16.4. The third-order valence-electron chi connectivity index (χ3n) is 10.9. The molecule has 1 atom stereocenters. The van der Waals surface area contributed by atoms with Crippen molar-refractivity contribution in [1.29, 1.82) is 0 Å². The van der Waals surface area contributed by atoms with Crippen LogP contribution in [-0.4, -0.2) is 9.13 Å². The first-order valence-corrected chi connectivity index (χ1v) is 18.3. The zero-order valence-electron chi connectivity index (χ0n) is 30.1. The maximum Gasteiger partial charge on any atom is 0.295 e. The molecule has 2 aromatic heterocycles. The van der Waals surface area contributed by atoms with Crippen molar-refractivity contribution in [2.75, 3.05) is 0 Å². The molecule has 0 radical (unpaired) electrons. The lowest BCUT2D eigenvalue weighted by Crippen LogP contribution is -2.39. The minimum atomic E-state index is -0.179. The number of aromatic nitrogens is 3. The predicted octanol–water partition coefficient (Wildman–Crippen LogP) is 12.0. The summed E-state index contributed by atoms with van der Waals surface area (Å²) in [5.74, 6) is 2.21. The number of benzene rings is 4. The lowest BCUT2D eigenvalue weighted by Gasteiger charge is -2.20. The van der Waals surface area contributed by atoms with Crippen LogP contribution in [0.2, 0.25) is 0 Å². The molecule has 3 nitrogen and oxygen atoms in total. The van der Waals surface area contributed by atoms with Crippen molar-refractivity contribution in [3.63, 3.8) is 0 Å². The molecule has 0 amide bonds. The lowest BCUT2D eigenvalue weighted by molar-refractivity contribution is -0.665. The summed E-state index contributed by atoms with van der Waals surface area (Å²) in [6.45, 7) is 19.3. The number of hydrogen-bond donors (Lipinski definition) is 0. The van der Waals surface area contributed by atoms with Gasteiger partial charge < -0.3 is 4.57 Å². The molecule has 4 aromatic carbocycles. The maximum absolute atomic E-state index is 14.9. The highest BCUT2D eigenvalue weighted by molar-refractivity contribution is 6.10. The second kappa shape index (κ2) is 12.7. The average Bonchev–Trinajstić information content (AvgIpc) is 3.56. The molecular formula is C44H51FN3+. The van der Waals surface area contributed by atoms with Crippen LogP contribution < -0.4 is 4.57 Å². The van der Waals surface area contributed by atoms with Gasteiger partial charge in [-0.15, -0.1) is 0 Å². The highest BCUT2D eigenvalue weighted by Crippen LogP contribution is 2.42.